The summed E-state index contributed by atoms with van der Waals surface area (Å²) in [5.74, 6) is 0.134. The highest BCUT2D eigenvalue weighted by atomic mass is 32.2. The van der Waals surface area contributed by atoms with Crippen molar-refractivity contribution in [3.63, 3.8) is 0 Å². The Morgan fingerprint density at radius 3 is 2.55 bits per heavy atom. The van der Waals surface area contributed by atoms with Gasteiger partial charge in [-0.3, -0.25) is 0 Å². The number of rotatable bonds is 4. The van der Waals surface area contributed by atoms with E-state index in [0.29, 0.717) is 16.4 Å². The lowest BCUT2D eigenvalue weighted by Crippen LogP contribution is -2.49. The number of aromatic amines is 1. The summed E-state index contributed by atoms with van der Waals surface area (Å²) < 4.78 is 65.4. The van der Waals surface area contributed by atoms with E-state index in [1.165, 1.54) is 0 Å². The van der Waals surface area contributed by atoms with Crippen LogP contribution < -0.4 is 4.90 Å². The van der Waals surface area contributed by atoms with Crippen molar-refractivity contribution >= 4 is 15.7 Å². The number of H-pyrrole nitrogens is 1. The standard InChI is InChI=1S/C19H23F3N4O2S/c20-19(21,22)29(27,28)25-10-15-7-3-4-8-17(15)26(11-16-9-23-13-24-16)18(12-25)14-5-1-2-6-14/h3-4,7-9,13-14,18H,1-2,5-6,10-12H2,(H,23,24). The molecule has 1 aromatic heterocycles. The number of sulfonamides is 1. The number of hydrogen-bond acceptors (Lipinski definition) is 4. The topological polar surface area (TPSA) is 69.3 Å². The van der Waals surface area contributed by atoms with E-state index >= 15 is 0 Å². The first kappa shape index (κ1) is 20.2. The second-order valence-electron chi connectivity index (χ2n) is 7.69. The summed E-state index contributed by atoms with van der Waals surface area (Å²) in [6.45, 7) is -0.0475. The van der Waals surface area contributed by atoms with Crippen LogP contribution in [0.4, 0.5) is 18.9 Å². The van der Waals surface area contributed by atoms with E-state index in [9.17, 15) is 21.6 Å². The average Bonchev–Trinajstić information content (AvgIpc) is 3.34. The van der Waals surface area contributed by atoms with Gasteiger partial charge in [0.1, 0.15) is 0 Å². The van der Waals surface area contributed by atoms with Crippen LogP contribution in [0.25, 0.3) is 0 Å². The Kier molecular flexibility index (Phi) is 5.32. The molecule has 1 atom stereocenters. The number of nitrogens with one attached hydrogen (secondary N) is 1. The summed E-state index contributed by atoms with van der Waals surface area (Å²) in [7, 11) is -5.43. The highest BCUT2D eigenvalue weighted by Gasteiger charge is 2.52. The Morgan fingerprint density at radius 2 is 1.90 bits per heavy atom. The molecule has 6 nitrogen and oxygen atoms in total. The van der Waals surface area contributed by atoms with Crippen LogP contribution in [0.15, 0.2) is 36.8 Å². The lowest BCUT2D eigenvalue weighted by molar-refractivity contribution is -0.0493. The largest absolute Gasteiger partial charge is 0.511 e. The third kappa shape index (κ3) is 3.87. The summed E-state index contributed by atoms with van der Waals surface area (Å²) in [6, 6.07) is 6.77. The molecule has 1 aliphatic carbocycles. The summed E-state index contributed by atoms with van der Waals surface area (Å²) in [5.41, 5.74) is -3.14. The third-order valence-corrected chi connectivity index (χ3v) is 7.45. The van der Waals surface area contributed by atoms with Crippen LogP contribution >= 0.6 is 0 Å². The zero-order valence-corrected chi connectivity index (χ0v) is 16.6. The smallest absolute Gasteiger partial charge is 0.361 e. The molecule has 1 unspecified atom stereocenters. The van der Waals surface area contributed by atoms with Gasteiger partial charge in [-0.2, -0.15) is 17.5 Å². The van der Waals surface area contributed by atoms with Gasteiger partial charge in [-0.05, 0) is 30.4 Å². The Labute approximate surface area is 167 Å². The molecule has 1 aliphatic heterocycles. The number of aromatic nitrogens is 2. The van der Waals surface area contributed by atoms with Crippen LogP contribution in [0.5, 0.6) is 0 Å². The van der Waals surface area contributed by atoms with Gasteiger partial charge in [0.15, 0.2) is 0 Å². The van der Waals surface area contributed by atoms with E-state index in [-0.39, 0.29) is 25.0 Å². The fraction of sp³-hybridized carbons (Fsp3) is 0.526. The van der Waals surface area contributed by atoms with E-state index in [2.05, 4.69) is 14.9 Å². The molecule has 2 aromatic rings. The fourth-order valence-electron chi connectivity index (χ4n) is 4.50. The molecule has 2 aliphatic rings. The average molecular weight is 428 g/mol. The zero-order chi connectivity index (χ0) is 20.6. The first-order valence-electron chi connectivity index (χ1n) is 9.65. The van der Waals surface area contributed by atoms with Crippen molar-refractivity contribution in [3.05, 3.63) is 48.0 Å². The summed E-state index contributed by atoms with van der Waals surface area (Å²) in [6.07, 6.45) is 7.02. The van der Waals surface area contributed by atoms with E-state index in [4.69, 9.17) is 0 Å². The van der Waals surface area contributed by atoms with Crippen LogP contribution in [0.3, 0.4) is 0 Å². The van der Waals surface area contributed by atoms with E-state index in [0.717, 1.165) is 37.1 Å². The minimum Gasteiger partial charge on any atom is -0.361 e. The maximum absolute atomic E-state index is 13.4. The molecule has 1 saturated carbocycles. The molecule has 10 heteroatoms. The lowest BCUT2D eigenvalue weighted by atomic mass is 9.95. The van der Waals surface area contributed by atoms with Crippen LogP contribution in [-0.2, 0) is 23.1 Å². The molecule has 0 saturated heterocycles. The van der Waals surface area contributed by atoms with Gasteiger partial charge in [-0.1, -0.05) is 31.0 Å². The number of halogens is 3. The summed E-state index contributed by atoms with van der Waals surface area (Å²) >= 11 is 0. The van der Waals surface area contributed by atoms with Crippen LogP contribution in [-0.4, -0.2) is 40.8 Å². The third-order valence-electron chi connectivity index (χ3n) is 5.91. The van der Waals surface area contributed by atoms with Crippen LogP contribution in [0.2, 0.25) is 0 Å². The van der Waals surface area contributed by atoms with Gasteiger partial charge in [0.25, 0.3) is 0 Å². The Hall–Kier alpha value is -2.07. The number of alkyl halides is 3. The number of benzene rings is 1. The van der Waals surface area contributed by atoms with Gasteiger partial charge in [0, 0.05) is 31.0 Å². The predicted molar refractivity (Wildman–Crippen MR) is 102 cm³/mol. The molecule has 0 bridgehead atoms. The minimum atomic E-state index is -5.43. The SMILES string of the molecule is O=S(=O)(N1Cc2ccccc2N(Cc2cnc[nH]2)C(C2CCCC2)C1)C(F)(F)F. The fourth-order valence-corrected chi connectivity index (χ4v) is 5.45. The molecular formula is C19H23F3N4O2S. The predicted octanol–water partition coefficient (Wildman–Crippen LogP) is 3.64. The van der Waals surface area contributed by atoms with Crippen molar-refractivity contribution in [2.75, 3.05) is 11.4 Å². The number of nitrogens with zero attached hydrogens (tertiary/aromatic N) is 3. The maximum Gasteiger partial charge on any atom is 0.511 e. The Bertz CT molecular complexity index is 941. The highest BCUT2D eigenvalue weighted by Crippen LogP contribution is 2.39. The zero-order valence-electron chi connectivity index (χ0n) is 15.8. The molecule has 158 valence electrons. The van der Waals surface area contributed by atoms with E-state index < -0.39 is 15.5 Å². The quantitative estimate of drug-likeness (QED) is 0.807. The van der Waals surface area contributed by atoms with E-state index in [1.807, 2.05) is 12.1 Å². The number of anilines is 1. The first-order chi connectivity index (χ1) is 13.8. The second kappa shape index (κ2) is 7.64. The minimum absolute atomic E-state index is 0.134. The van der Waals surface area contributed by atoms with Crippen molar-refractivity contribution in [1.82, 2.24) is 14.3 Å². The van der Waals surface area contributed by atoms with Crippen molar-refractivity contribution < 1.29 is 21.6 Å². The molecule has 1 N–H and O–H groups in total. The normalized spacial score (nSPS) is 21.9. The van der Waals surface area contributed by atoms with Crippen molar-refractivity contribution in [3.8, 4) is 0 Å². The number of imidazole rings is 1. The lowest BCUT2D eigenvalue weighted by Gasteiger charge is -2.37. The van der Waals surface area contributed by atoms with Gasteiger partial charge in [0.05, 0.1) is 18.6 Å². The first-order valence-corrected chi connectivity index (χ1v) is 11.1. The molecule has 0 spiro atoms. The maximum atomic E-state index is 13.4. The summed E-state index contributed by atoms with van der Waals surface area (Å²) in [5, 5.41) is 0. The van der Waals surface area contributed by atoms with E-state index in [1.54, 1.807) is 24.7 Å². The summed E-state index contributed by atoms with van der Waals surface area (Å²) in [4.78, 5) is 9.15. The molecular weight excluding hydrogens is 405 g/mol. The monoisotopic (exact) mass is 428 g/mol. The number of hydrogen-bond donors (Lipinski definition) is 1. The molecule has 2 heterocycles. The van der Waals surface area contributed by atoms with Gasteiger partial charge < -0.3 is 9.88 Å². The van der Waals surface area contributed by atoms with Gasteiger partial charge in [0.2, 0.25) is 0 Å². The number of para-hydroxylation sites is 1. The molecule has 4 rings (SSSR count). The van der Waals surface area contributed by atoms with Gasteiger partial charge >= 0.3 is 15.5 Å². The van der Waals surface area contributed by atoms with Crippen molar-refractivity contribution in [1.29, 1.82) is 0 Å². The molecule has 0 amide bonds. The number of fused-ring (bicyclic) bond motifs is 1. The molecule has 1 aromatic carbocycles. The Morgan fingerprint density at radius 1 is 1.17 bits per heavy atom. The molecule has 0 radical (unpaired) electrons. The second-order valence-corrected chi connectivity index (χ2v) is 9.62. The van der Waals surface area contributed by atoms with Crippen molar-refractivity contribution in [2.45, 2.75) is 50.3 Å². The van der Waals surface area contributed by atoms with Crippen LogP contribution in [0, 0.1) is 5.92 Å². The van der Waals surface area contributed by atoms with Gasteiger partial charge in [-0.15, -0.1) is 0 Å². The highest BCUT2D eigenvalue weighted by molar-refractivity contribution is 7.89. The molecule has 29 heavy (non-hydrogen) atoms. The van der Waals surface area contributed by atoms with Crippen LogP contribution in [0.1, 0.15) is 36.9 Å². The van der Waals surface area contributed by atoms with Gasteiger partial charge in [-0.25, -0.2) is 13.4 Å². The van der Waals surface area contributed by atoms with Crippen molar-refractivity contribution in [2.24, 2.45) is 5.92 Å². The Balaban J connectivity index is 1.80. The molecule has 1 fully saturated rings.